The van der Waals surface area contributed by atoms with E-state index < -0.39 is 0 Å². The average molecular weight is 463 g/mol. The Morgan fingerprint density at radius 3 is 2.69 bits per heavy atom. The van der Waals surface area contributed by atoms with Gasteiger partial charge in [-0.1, -0.05) is 30.3 Å². The van der Waals surface area contributed by atoms with Crippen LogP contribution < -0.4 is 0 Å². The normalized spacial score (nSPS) is 18.1. The number of likely N-dealkylation sites (tertiary alicyclic amines) is 1. The lowest BCUT2D eigenvalue weighted by Gasteiger charge is -2.17. The topological polar surface area (TPSA) is 79.7 Å². The summed E-state index contributed by atoms with van der Waals surface area (Å²) in [5.74, 6) is 2.00. The molecule has 1 N–H and O–H groups in total. The van der Waals surface area contributed by atoms with Crippen molar-refractivity contribution in [2.45, 2.75) is 25.8 Å². The smallest absolute Gasteiger partial charge is 0.225 e. The maximum absolute atomic E-state index is 12.6. The Morgan fingerprint density at radius 2 is 1.83 bits per heavy atom. The third-order valence-corrected chi connectivity index (χ3v) is 7.41. The number of rotatable bonds is 5. The number of imidazole rings is 1. The van der Waals surface area contributed by atoms with Gasteiger partial charge in [0, 0.05) is 42.7 Å². The fourth-order valence-corrected chi connectivity index (χ4v) is 5.33. The van der Waals surface area contributed by atoms with Crippen LogP contribution in [-0.4, -0.2) is 48.6 Å². The van der Waals surface area contributed by atoms with Crippen molar-refractivity contribution in [2.24, 2.45) is 11.8 Å². The highest BCUT2D eigenvalue weighted by atomic mass is 16.2. The van der Waals surface area contributed by atoms with Gasteiger partial charge in [0.15, 0.2) is 5.65 Å². The molecule has 1 amide bonds. The quantitative estimate of drug-likeness (QED) is 0.403. The zero-order valence-electron chi connectivity index (χ0n) is 19.4. The summed E-state index contributed by atoms with van der Waals surface area (Å²) in [7, 11) is 0. The highest BCUT2D eigenvalue weighted by Crippen LogP contribution is 2.34. The first-order valence-electron chi connectivity index (χ1n) is 12.4. The third-order valence-electron chi connectivity index (χ3n) is 7.41. The minimum Gasteiger partial charge on any atom is -0.342 e. The Morgan fingerprint density at radius 1 is 1.00 bits per heavy atom. The van der Waals surface area contributed by atoms with Crippen LogP contribution in [0.25, 0.3) is 44.6 Å². The molecule has 7 rings (SSSR count). The predicted octanol–water partition coefficient (Wildman–Crippen LogP) is 4.90. The Hall–Kier alpha value is -4.00. The maximum atomic E-state index is 12.6. The first kappa shape index (κ1) is 20.4. The summed E-state index contributed by atoms with van der Waals surface area (Å²) in [4.78, 5) is 24.1. The number of hydrogen-bond acceptors (Lipinski definition) is 4. The van der Waals surface area contributed by atoms with E-state index >= 15 is 0 Å². The van der Waals surface area contributed by atoms with Gasteiger partial charge in [0.1, 0.15) is 5.82 Å². The molecule has 174 valence electrons. The van der Waals surface area contributed by atoms with E-state index in [1.807, 2.05) is 12.3 Å². The van der Waals surface area contributed by atoms with Crippen molar-refractivity contribution in [3.63, 3.8) is 0 Å². The summed E-state index contributed by atoms with van der Waals surface area (Å²) in [6.45, 7) is 2.55. The van der Waals surface area contributed by atoms with Gasteiger partial charge in [-0.05, 0) is 60.6 Å². The average Bonchev–Trinajstić information content (AvgIpc) is 3.30. The number of fused-ring (bicyclic) bond motifs is 2. The molecule has 2 aromatic carbocycles. The number of carbonyl (C=O) groups is 1. The standard InChI is InChI=1S/C28H26N6O/c35-28(21-7-8-21)33-13-11-18(16-33)17-34-25-2-1-12-29-26(25)31-27(34)20-5-3-19(4-6-20)22-9-10-24-23(14-22)15-30-32-24/h1-6,9-10,12,14-15,18,21H,7-8,11,13,16-17H2,(H,30,32)/t18-/m1/s1. The van der Waals surface area contributed by atoms with E-state index in [-0.39, 0.29) is 5.92 Å². The molecule has 0 spiro atoms. The molecule has 1 saturated heterocycles. The van der Waals surface area contributed by atoms with Crippen molar-refractivity contribution in [1.29, 1.82) is 0 Å². The number of H-pyrrole nitrogens is 1. The van der Waals surface area contributed by atoms with Crippen molar-refractivity contribution in [1.82, 2.24) is 29.6 Å². The highest BCUT2D eigenvalue weighted by Gasteiger charge is 2.36. The van der Waals surface area contributed by atoms with Crippen molar-refractivity contribution in [3.05, 3.63) is 67.0 Å². The molecule has 1 aliphatic carbocycles. The summed E-state index contributed by atoms with van der Waals surface area (Å²) < 4.78 is 2.30. The SMILES string of the molecule is O=C(C1CC1)N1CC[C@@H](Cn2c(-c3ccc(-c4ccc5[nH]ncc5c4)cc3)nc3ncccc32)C1. The van der Waals surface area contributed by atoms with Crippen molar-refractivity contribution in [2.75, 3.05) is 13.1 Å². The third kappa shape index (κ3) is 3.67. The largest absolute Gasteiger partial charge is 0.342 e. The summed E-state index contributed by atoms with van der Waals surface area (Å²) in [5.41, 5.74) is 6.23. The van der Waals surface area contributed by atoms with Gasteiger partial charge in [-0.25, -0.2) is 9.97 Å². The number of aromatic amines is 1. The van der Waals surface area contributed by atoms with Gasteiger partial charge in [-0.15, -0.1) is 0 Å². The molecule has 0 unspecified atom stereocenters. The first-order valence-corrected chi connectivity index (χ1v) is 12.4. The molecular formula is C28H26N6O. The first-order chi connectivity index (χ1) is 17.2. The number of nitrogens with one attached hydrogen (secondary N) is 1. The number of carbonyl (C=O) groups excluding carboxylic acids is 1. The lowest BCUT2D eigenvalue weighted by Crippen LogP contribution is -2.30. The second-order valence-corrected chi connectivity index (χ2v) is 9.85. The number of aromatic nitrogens is 5. The van der Waals surface area contributed by atoms with Crippen LogP contribution in [-0.2, 0) is 11.3 Å². The van der Waals surface area contributed by atoms with Crippen molar-refractivity contribution < 1.29 is 4.79 Å². The van der Waals surface area contributed by atoms with Crippen LogP contribution in [0.5, 0.6) is 0 Å². The van der Waals surface area contributed by atoms with E-state index in [9.17, 15) is 4.79 Å². The van der Waals surface area contributed by atoms with Gasteiger partial charge in [0.25, 0.3) is 0 Å². The molecule has 4 heterocycles. The van der Waals surface area contributed by atoms with Crippen LogP contribution in [0.4, 0.5) is 0 Å². The van der Waals surface area contributed by atoms with Crippen LogP contribution in [0.3, 0.4) is 0 Å². The number of hydrogen-bond donors (Lipinski definition) is 1. The highest BCUT2D eigenvalue weighted by molar-refractivity contribution is 5.85. The van der Waals surface area contributed by atoms with Gasteiger partial charge in [-0.2, -0.15) is 5.10 Å². The second-order valence-electron chi connectivity index (χ2n) is 9.85. The molecule has 2 aliphatic rings. The molecule has 0 radical (unpaired) electrons. The minimum absolute atomic E-state index is 0.287. The molecule has 5 aromatic rings. The number of nitrogens with zero attached hydrogens (tertiary/aromatic N) is 5. The van der Waals surface area contributed by atoms with Crippen molar-refractivity contribution >= 4 is 28.0 Å². The Bertz CT molecular complexity index is 1550. The Labute approximate surface area is 202 Å². The molecule has 2 fully saturated rings. The Balaban J connectivity index is 1.19. The van der Waals surface area contributed by atoms with Gasteiger partial charge in [-0.3, -0.25) is 9.89 Å². The van der Waals surface area contributed by atoms with Gasteiger partial charge in [0.2, 0.25) is 5.91 Å². The molecule has 0 bridgehead atoms. The van der Waals surface area contributed by atoms with E-state index in [4.69, 9.17) is 4.98 Å². The molecule has 1 saturated carbocycles. The van der Waals surface area contributed by atoms with Crippen LogP contribution in [0.15, 0.2) is 67.0 Å². The zero-order chi connectivity index (χ0) is 23.4. The van der Waals surface area contributed by atoms with Gasteiger partial charge in [0.05, 0.1) is 17.2 Å². The number of pyridine rings is 1. The van der Waals surface area contributed by atoms with E-state index in [1.165, 1.54) is 0 Å². The molecule has 35 heavy (non-hydrogen) atoms. The summed E-state index contributed by atoms with van der Waals surface area (Å²) in [5, 5.41) is 8.23. The van der Waals surface area contributed by atoms with Crippen LogP contribution >= 0.6 is 0 Å². The lowest BCUT2D eigenvalue weighted by atomic mass is 10.0. The number of benzene rings is 2. The predicted molar refractivity (Wildman–Crippen MR) is 135 cm³/mol. The fraction of sp³-hybridized carbons (Fsp3) is 0.286. The zero-order valence-corrected chi connectivity index (χ0v) is 19.4. The molecule has 1 aliphatic heterocycles. The summed E-state index contributed by atoms with van der Waals surface area (Å²) in [6.07, 6.45) is 6.81. The van der Waals surface area contributed by atoms with Crippen LogP contribution in [0.2, 0.25) is 0 Å². The summed E-state index contributed by atoms with van der Waals surface area (Å²) in [6, 6.07) is 19.0. The fourth-order valence-electron chi connectivity index (χ4n) is 5.33. The minimum atomic E-state index is 0.287. The lowest BCUT2D eigenvalue weighted by molar-refractivity contribution is -0.131. The molecule has 3 aromatic heterocycles. The van der Waals surface area contributed by atoms with E-state index in [0.29, 0.717) is 11.8 Å². The van der Waals surface area contributed by atoms with Crippen LogP contribution in [0, 0.1) is 11.8 Å². The molecular weight excluding hydrogens is 436 g/mol. The van der Waals surface area contributed by atoms with Crippen molar-refractivity contribution in [3.8, 4) is 22.5 Å². The van der Waals surface area contributed by atoms with E-state index in [2.05, 4.69) is 73.2 Å². The Kier molecular flexibility index (Phi) is 4.68. The summed E-state index contributed by atoms with van der Waals surface area (Å²) >= 11 is 0. The molecule has 1 atom stereocenters. The van der Waals surface area contributed by atoms with E-state index in [1.54, 1.807) is 6.20 Å². The maximum Gasteiger partial charge on any atom is 0.225 e. The second kappa shape index (κ2) is 8.05. The molecule has 7 heteroatoms. The monoisotopic (exact) mass is 462 g/mol. The molecule has 7 nitrogen and oxygen atoms in total. The van der Waals surface area contributed by atoms with Gasteiger partial charge >= 0.3 is 0 Å². The number of amides is 1. The van der Waals surface area contributed by atoms with Crippen LogP contribution in [0.1, 0.15) is 19.3 Å². The van der Waals surface area contributed by atoms with E-state index in [0.717, 1.165) is 83.5 Å². The van der Waals surface area contributed by atoms with Gasteiger partial charge < -0.3 is 9.47 Å².